The summed E-state index contributed by atoms with van der Waals surface area (Å²) in [7, 11) is 3.40. The van der Waals surface area contributed by atoms with Gasteiger partial charge in [0.05, 0.1) is 38.2 Å². The Bertz CT molecular complexity index is 663. The predicted molar refractivity (Wildman–Crippen MR) is 86.9 cm³/mol. The van der Waals surface area contributed by atoms with Crippen LogP contribution in [0.1, 0.15) is 36.4 Å². The molecule has 0 fully saturated rings. The lowest BCUT2D eigenvalue weighted by Crippen LogP contribution is -2.42. The Hall–Kier alpha value is -1.97. The number of hydrogen-bond acceptors (Lipinski definition) is 4. The number of fused-ring (bicyclic) bond motifs is 5. The molecule has 0 bridgehead atoms. The van der Waals surface area contributed by atoms with Gasteiger partial charge in [0.25, 0.3) is 0 Å². The Labute approximate surface area is 131 Å². The second-order valence-electron chi connectivity index (χ2n) is 6.13. The molecule has 0 radical (unpaired) electrons. The van der Waals surface area contributed by atoms with Crippen LogP contribution < -0.4 is 9.47 Å². The van der Waals surface area contributed by atoms with Crippen molar-refractivity contribution in [3.05, 3.63) is 35.0 Å². The minimum atomic E-state index is 0.344. The Kier molecular flexibility index (Phi) is 3.32. The van der Waals surface area contributed by atoms with Crippen LogP contribution in [0.25, 0.3) is 0 Å². The summed E-state index contributed by atoms with van der Waals surface area (Å²) in [6, 6.07) is 4.63. The van der Waals surface area contributed by atoms with Crippen molar-refractivity contribution in [1.82, 2.24) is 4.90 Å². The molecule has 2 heterocycles. The molecule has 0 saturated carbocycles. The van der Waals surface area contributed by atoms with Gasteiger partial charge in [-0.1, -0.05) is 6.08 Å². The van der Waals surface area contributed by atoms with Crippen molar-refractivity contribution in [2.75, 3.05) is 27.3 Å². The molecule has 2 aliphatic heterocycles. The van der Waals surface area contributed by atoms with Crippen molar-refractivity contribution in [3.63, 3.8) is 0 Å². The highest BCUT2D eigenvalue weighted by atomic mass is 16.5. The van der Waals surface area contributed by atoms with Crippen molar-refractivity contribution in [3.8, 4) is 11.5 Å². The van der Waals surface area contributed by atoms with Crippen LogP contribution in [0.2, 0.25) is 0 Å². The molecule has 3 aliphatic rings. The molecule has 0 saturated heterocycles. The standard InChI is InChI=1S/C18H22N2O2/c1-21-17-9-12-7-8-20-15-6-4-3-5-14(15)19-11-16(20)13(12)10-18(17)22-2/h6,9-10,16H,3-5,7-8,11H2,1-2H3. The number of methoxy groups -OCH3 is 2. The first-order chi connectivity index (χ1) is 10.8. The van der Waals surface area contributed by atoms with Crippen LogP contribution in [0.5, 0.6) is 11.5 Å². The monoisotopic (exact) mass is 298 g/mol. The number of allylic oxidation sites excluding steroid dienone is 2. The Morgan fingerprint density at radius 2 is 1.95 bits per heavy atom. The van der Waals surface area contributed by atoms with Gasteiger partial charge in [0.2, 0.25) is 0 Å². The van der Waals surface area contributed by atoms with E-state index in [1.54, 1.807) is 14.2 Å². The van der Waals surface area contributed by atoms with Crippen molar-refractivity contribution >= 4 is 5.71 Å². The molecule has 4 rings (SSSR count). The highest BCUT2D eigenvalue weighted by Crippen LogP contribution is 2.42. The molecule has 116 valence electrons. The van der Waals surface area contributed by atoms with Crippen molar-refractivity contribution in [2.24, 2.45) is 4.99 Å². The van der Waals surface area contributed by atoms with E-state index in [1.165, 1.54) is 35.4 Å². The van der Waals surface area contributed by atoms with E-state index >= 15 is 0 Å². The zero-order chi connectivity index (χ0) is 15.1. The number of nitrogens with zero attached hydrogens (tertiary/aromatic N) is 2. The summed E-state index contributed by atoms with van der Waals surface area (Å²) >= 11 is 0. The quantitative estimate of drug-likeness (QED) is 0.841. The van der Waals surface area contributed by atoms with Crippen LogP contribution in [0.3, 0.4) is 0 Å². The van der Waals surface area contributed by atoms with E-state index in [1.807, 2.05) is 0 Å². The summed E-state index contributed by atoms with van der Waals surface area (Å²) < 4.78 is 10.9. The lowest BCUT2D eigenvalue weighted by atomic mass is 9.88. The second kappa shape index (κ2) is 5.34. The van der Waals surface area contributed by atoms with E-state index in [4.69, 9.17) is 14.5 Å². The fourth-order valence-electron chi connectivity index (χ4n) is 3.91. The van der Waals surface area contributed by atoms with E-state index in [9.17, 15) is 0 Å². The van der Waals surface area contributed by atoms with E-state index in [-0.39, 0.29) is 0 Å². The normalized spacial score (nSPS) is 22.8. The number of ether oxygens (including phenoxy) is 2. The smallest absolute Gasteiger partial charge is 0.161 e. The fourth-order valence-corrected chi connectivity index (χ4v) is 3.91. The molecule has 4 nitrogen and oxygen atoms in total. The molecule has 0 aromatic heterocycles. The first-order valence-corrected chi connectivity index (χ1v) is 8.07. The maximum atomic E-state index is 5.49. The molecule has 1 unspecified atom stereocenters. The third kappa shape index (κ3) is 2.01. The summed E-state index contributed by atoms with van der Waals surface area (Å²) in [4.78, 5) is 7.42. The summed E-state index contributed by atoms with van der Waals surface area (Å²) in [5, 5.41) is 0. The zero-order valence-corrected chi connectivity index (χ0v) is 13.3. The van der Waals surface area contributed by atoms with Gasteiger partial charge in [0.1, 0.15) is 0 Å². The lowest BCUT2D eigenvalue weighted by Gasteiger charge is -2.44. The molecule has 0 spiro atoms. The number of aliphatic imine (C=N–C) groups is 1. The zero-order valence-electron chi connectivity index (χ0n) is 13.3. The average molecular weight is 298 g/mol. The molecule has 0 amide bonds. The minimum Gasteiger partial charge on any atom is -0.493 e. The van der Waals surface area contributed by atoms with Gasteiger partial charge in [-0.05, 0) is 48.9 Å². The topological polar surface area (TPSA) is 34.1 Å². The molecule has 0 N–H and O–H groups in total. The van der Waals surface area contributed by atoms with E-state index in [0.717, 1.165) is 37.4 Å². The highest BCUT2D eigenvalue weighted by molar-refractivity contribution is 6.01. The van der Waals surface area contributed by atoms with E-state index < -0.39 is 0 Å². The van der Waals surface area contributed by atoms with Gasteiger partial charge >= 0.3 is 0 Å². The van der Waals surface area contributed by atoms with Gasteiger partial charge < -0.3 is 14.4 Å². The number of rotatable bonds is 2. The van der Waals surface area contributed by atoms with Crippen LogP contribution in [0, 0.1) is 0 Å². The molecule has 1 atom stereocenters. The summed E-state index contributed by atoms with van der Waals surface area (Å²) in [6.07, 6.45) is 6.98. The number of benzene rings is 1. The molecule has 4 heteroatoms. The lowest BCUT2D eigenvalue weighted by molar-refractivity contribution is 0.244. The van der Waals surface area contributed by atoms with Crippen molar-refractivity contribution < 1.29 is 9.47 Å². The average Bonchev–Trinajstić information content (AvgIpc) is 2.59. The third-order valence-electron chi connectivity index (χ3n) is 5.02. The van der Waals surface area contributed by atoms with E-state index in [0.29, 0.717) is 6.04 Å². The highest BCUT2D eigenvalue weighted by Gasteiger charge is 2.34. The first-order valence-electron chi connectivity index (χ1n) is 8.07. The SMILES string of the molecule is COc1cc2c(cc1OC)C1CN=C3CCCC=C3N1CC2. The molecule has 22 heavy (non-hydrogen) atoms. The molecular formula is C18H22N2O2. The summed E-state index contributed by atoms with van der Waals surface area (Å²) in [5.74, 6) is 1.64. The Morgan fingerprint density at radius 1 is 1.14 bits per heavy atom. The van der Waals surface area contributed by atoms with Gasteiger partial charge in [0, 0.05) is 6.54 Å². The maximum Gasteiger partial charge on any atom is 0.161 e. The van der Waals surface area contributed by atoms with Gasteiger partial charge in [-0.25, -0.2) is 0 Å². The molecule has 1 aromatic rings. The van der Waals surface area contributed by atoms with Crippen molar-refractivity contribution in [1.29, 1.82) is 0 Å². The third-order valence-corrected chi connectivity index (χ3v) is 5.02. The Balaban J connectivity index is 1.77. The van der Waals surface area contributed by atoms with Crippen LogP contribution in [-0.2, 0) is 6.42 Å². The molecule has 1 aromatic carbocycles. The molecular weight excluding hydrogens is 276 g/mol. The summed E-state index contributed by atoms with van der Waals surface area (Å²) in [5.41, 5.74) is 5.40. The van der Waals surface area contributed by atoms with Crippen LogP contribution >= 0.6 is 0 Å². The maximum absolute atomic E-state index is 5.49. The van der Waals surface area contributed by atoms with Gasteiger partial charge in [0.15, 0.2) is 11.5 Å². The van der Waals surface area contributed by atoms with Crippen molar-refractivity contribution in [2.45, 2.75) is 31.7 Å². The fraction of sp³-hybridized carbons (Fsp3) is 0.500. The molecule has 1 aliphatic carbocycles. The van der Waals surface area contributed by atoms with Gasteiger partial charge in [-0.3, -0.25) is 4.99 Å². The first kappa shape index (κ1) is 13.7. The van der Waals surface area contributed by atoms with Gasteiger partial charge in [-0.15, -0.1) is 0 Å². The van der Waals surface area contributed by atoms with Crippen LogP contribution in [0.4, 0.5) is 0 Å². The van der Waals surface area contributed by atoms with Crippen LogP contribution in [0.15, 0.2) is 28.9 Å². The number of hydrogen-bond donors (Lipinski definition) is 0. The van der Waals surface area contributed by atoms with Gasteiger partial charge in [-0.2, -0.15) is 0 Å². The predicted octanol–water partition coefficient (Wildman–Crippen LogP) is 3.13. The van der Waals surface area contributed by atoms with Crippen LogP contribution in [-0.4, -0.2) is 37.9 Å². The largest absolute Gasteiger partial charge is 0.493 e. The minimum absolute atomic E-state index is 0.344. The van der Waals surface area contributed by atoms with E-state index in [2.05, 4.69) is 23.1 Å². The Morgan fingerprint density at radius 3 is 2.77 bits per heavy atom. The summed E-state index contributed by atoms with van der Waals surface area (Å²) in [6.45, 7) is 1.92. The second-order valence-corrected chi connectivity index (χ2v) is 6.13.